The number of nitrogens with zero attached hydrogens (tertiary/aromatic N) is 5. The highest BCUT2D eigenvalue weighted by Gasteiger charge is 2.22. The number of imidazole rings is 1. The van der Waals surface area contributed by atoms with E-state index in [1.807, 2.05) is 26.0 Å². The predicted molar refractivity (Wildman–Crippen MR) is 120 cm³/mol. The lowest BCUT2D eigenvalue weighted by Gasteiger charge is -2.21. The average Bonchev–Trinajstić information content (AvgIpc) is 3.05. The zero-order valence-corrected chi connectivity index (χ0v) is 18.0. The highest BCUT2D eigenvalue weighted by molar-refractivity contribution is 5.94. The first kappa shape index (κ1) is 22.5. The fourth-order valence-corrected chi connectivity index (χ4v) is 3.53. The molecule has 0 fully saturated rings. The van der Waals surface area contributed by atoms with E-state index in [9.17, 15) is 24.5 Å². The number of benzene rings is 2. The van der Waals surface area contributed by atoms with Gasteiger partial charge in [0, 0.05) is 38.0 Å². The number of anilines is 1. The molecule has 0 aliphatic heterocycles. The SMILES string of the molecule is CCN(CC)c1ccc(-n2c(=O)n(CC(=O)N(C)C(N)=O)c3cc([N+](=O)[O-])ccc32)cc1. The number of nitro groups is 1. The molecule has 3 amide bonds. The Hall–Kier alpha value is -4.15. The fourth-order valence-electron chi connectivity index (χ4n) is 3.53. The van der Waals surface area contributed by atoms with Gasteiger partial charge in [0.15, 0.2) is 0 Å². The number of urea groups is 1. The molecule has 11 heteroatoms. The van der Waals surface area contributed by atoms with Gasteiger partial charge < -0.3 is 10.6 Å². The lowest BCUT2D eigenvalue weighted by molar-refractivity contribution is -0.384. The van der Waals surface area contributed by atoms with Crippen molar-refractivity contribution in [2.45, 2.75) is 20.4 Å². The molecule has 0 spiro atoms. The average molecular weight is 440 g/mol. The Morgan fingerprint density at radius 1 is 1.06 bits per heavy atom. The number of amides is 3. The molecule has 0 radical (unpaired) electrons. The summed E-state index contributed by atoms with van der Waals surface area (Å²) in [6.45, 7) is 5.24. The Balaban J connectivity index is 2.18. The smallest absolute Gasteiger partial charge is 0.334 e. The number of rotatable bonds is 7. The molecule has 0 saturated carbocycles. The molecule has 0 aliphatic rings. The first-order valence-corrected chi connectivity index (χ1v) is 10.0. The maximum atomic E-state index is 13.3. The third kappa shape index (κ3) is 4.04. The van der Waals surface area contributed by atoms with Crippen molar-refractivity contribution in [2.75, 3.05) is 25.0 Å². The van der Waals surface area contributed by atoms with E-state index in [-0.39, 0.29) is 11.2 Å². The number of carbonyl (C=O) groups excluding carboxylic acids is 2. The van der Waals surface area contributed by atoms with E-state index in [4.69, 9.17) is 5.73 Å². The van der Waals surface area contributed by atoms with Crippen molar-refractivity contribution in [1.29, 1.82) is 0 Å². The molecule has 0 unspecified atom stereocenters. The summed E-state index contributed by atoms with van der Waals surface area (Å²) in [7, 11) is 1.20. The third-order valence-corrected chi connectivity index (χ3v) is 5.36. The number of non-ortho nitro benzene ring substituents is 1. The number of nitrogens with two attached hydrogens (primary N) is 1. The zero-order valence-electron chi connectivity index (χ0n) is 18.0. The van der Waals surface area contributed by atoms with E-state index in [0.29, 0.717) is 16.1 Å². The van der Waals surface area contributed by atoms with Crippen LogP contribution in [0.4, 0.5) is 16.2 Å². The predicted octanol–water partition coefficient (Wildman–Crippen LogP) is 2.08. The van der Waals surface area contributed by atoms with Gasteiger partial charge in [-0.2, -0.15) is 0 Å². The Kier molecular flexibility index (Phi) is 6.28. The molecule has 0 bridgehead atoms. The van der Waals surface area contributed by atoms with Crippen LogP contribution in [-0.4, -0.2) is 51.0 Å². The first-order chi connectivity index (χ1) is 15.2. The normalized spacial score (nSPS) is 10.8. The maximum absolute atomic E-state index is 13.3. The van der Waals surface area contributed by atoms with Crippen LogP contribution in [0.2, 0.25) is 0 Å². The van der Waals surface area contributed by atoms with Gasteiger partial charge in [-0.3, -0.25) is 28.9 Å². The van der Waals surface area contributed by atoms with Crippen molar-refractivity contribution < 1.29 is 14.5 Å². The molecule has 1 aromatic heterocycles. The summed E-state index contributed by atoms with van der Waals surface area (Å²) in [4.78, 5) is 50.6. The second-order valence-electron chi connectivity index (χ2n) is 7.11. The van der Waals surface area contributed by atoms with E-state index in [2.05, 4.69) is 4.90 Å². The minimum Gasteiger partial charge on any atom is -0.372 e. The number of primary amides is 1. The van der Waals surface area contributed by atoms with Crippen LogP contribution < -0.4 is 16.3 Å². The molecule has 1 heterocycles. The lowest BCUT2D eigenvalue weighted by Crippen LogP contribution is -2.40. The van der Waals surface area contributed by atoms with Gasteiger partial charge in [0.05, 0.1) is 21.6 Å². The second kappa shape index (κ2) is 8.92. The molecule has 11 nitrogen and oxygen atoms in total. The van der Waals surface area contributed by atoms with E-state index in [1.54, 1.807) is 12.1 Å². The van der Waals surface area contributed by atoms with E-state index >= 15 is 0 Å². The third-order valence-electron chi connectivity index (χ3n) is 5.36. The van der Waals surface area contributed by atoms with Crippen molar-refractivity contribution >= 4 is 34.3 Å². The summed E-state index contributed by atoms with van der Waals surface area (Å²) in [6, 6.07) is 10.3. The molecular weight excluding hydrogens is 416 g/mol. The Bertz CT molecular complexity index is 1240. The van der Waals surface area contributed by atoms with Crippen LogP contribution in [0.5, 0.6) is 0 Å². The van der Waals surface area contributed by atoms with Gasteiger partial charge in [-0.15, -0.1) is 0 Å². The minimum absolute atomic E-state index is 0.197. The molecule has 0 aliphatic carbocycles. The lowest BCUT2D eigenvalue weighted by atomic mass is 10.2. The number of nitro benzene ring substituents is 1. The summed E-state index contributed by atoms with van der Waals surface area (Å²) in [5.74, 6) is -0.720. The number of imide groups is 1. The molecule has 2 N–H and O–H groups in total. The Morgan fingerprint density at radius 2 is 1.69 bits per heavy atom. The Morgan fingerprint density at radius 3 is 2.22 bits per heavy atom. The number of hydrogen-bond acceptors (Lipinski definition) is 6. The van der Waals surface area contributed by atoms with Crippen molar-refractivity contribution in [1.82, 2.24) is 14.0 Å². The molecule has 3 rings (SSSR count). The van der Waals surface area contributed by atoms with Crippen LogP contribution in [0.1, 0.15) is 13.8 Å². The summed E-state index contributed by atoms with van der Waals surface area (Å²) in [5, 5.41) is 11.3. The topological polar surface area (TPSA) is 137 Å². The van der Waals surface area contributed by atoms with Crippen LogP contribution in [0.3, 0.4) is 0 Å². The molecule has 2 aromatic carbocycles. The van der Waals surface area contributed by atoms with Gasteiger partial charge in [-0.05, 0) is 44.2 Å². The highest BCUT2D eigenvalue weighted by atomic mass is 16.6. The van der Waals surface area contributed by atoms with Crippen LogP contribution in [-0.2, 0) is 11.3 Å². The van der Waals surface area contributed by atoms with Gasteiger partial charge in [-0.25, -0.2) is 9.59 Å². The molecule has 0 saturated heterocycles. The van der Waals surface area contributed by atoms with Crippen molar-refractivity contribution in [3.63, 3.8) is 0 Å². The van der Waals surface area contributed by atoms with E-state index in [0.717, 1.165) is 23.3 Å². The number of likely N-dealkylation sites (N-methyl/N-ethyl adjacent to an activating group) is 1. The number of hydrogen-bond donors (Lipinski definition) is 1. The number of fused-ring (bicyclic) bond motifs is 1. The summed E-state index contributed by atoms with van der Waals surface area (Å²) < 4.78 is 2.48. The second-order valence-corrected chi connectivity index (χ2v) is 7.11. The van der Waals surface area contributed by atoms with Crippen molar-refractivity contribution in [3.05, 3.63) is 63.1 Å². The zero-order chi connectivity index (χ0) is 23.6. The molecule has 3 aromatic rings. The summed E-state index contributed by atoms with van der Waals surface area (Å²) in [5.41, 5.74) is 6.47. The van der Waals surface area contributed by atoms with Crippen LogP contribution in [0.15, 0.2) is 47.3 Å². The highest BCUT2D eigenvalue weighted by Crippen LogP contribution is 2.24. The monoisotopic (exact) mass is 440 g/mol. The van der Waals surface area contributed by atoms with Gasteiger partial charge >= 0.3 is 11.7 Å². The van der Waals surface area contributed by atoms with Crippen LogP contribution in [0, 0.1) is 10.1 Å². The fraction of sp³-hybridized carbons (Fsp3) is 0.286. The van der Waals surface area contributed by atoms with Gasteiger partial charge in [0.2, 0.25) is 5.91 Å². The van der Waals surface area contributed by atoms with E-state index in [1.165, 1.54) is 29.8 Å². The van der Waals surface area contributed by atoms with Gasteiger partial charge in [0.1, 0.15) is 6.54 Å². The minimum atomic E-state index is -0.968. The molecule has 168 valence electrons. The molecule has 32 heavy (non-hydrogen) atoms. The summed E-state index contributed by atoms with van der Waals surface area (Å²) in [6.07, 6.45) is 0. The largest absolute Gasteiger partial charge is 0.372 e. The van der Waals surface area contributed by atoms with Gasteiger partial charge in [-0.1, -0.05) is 0 Å². The quantitative estimate of drug-likeness (QED) is 0.441. The van der Waals surface area contributed by atoms with Gasteiger partial charge in [0.25, 0.3) is 5.69 Å². The first-order valence-electron chi connectivity index (χ1n) is 10.0. The maximum Gasteiger partial charge on any atom is 0.334 e. The molecular formula is C21H24N6O5. The van der Waals surface area contributed by atoms with Crippen LogP contribution >= 0.6 is 0 Å². The van der Waals surface area contributed by atoms with Crippen molar-refractivity contribution in [3.8, 4) is 5.69 Å². The standard InChI is InChI=1S/C21H24N6O5/c1-4-24(5-2)14-6-8-15(9-7-14)26-17-11-10-16(27(31)32)12-18(17)25(21(26)30)13-19(28)23(3)20(22)29/h6-12H,4-5,13H2,1-3H3,(H2,22,29). The number of carbonyl (C=O) groups is 2. The summed E-state index contributed by atoms with van der Waals surface area (Å²) >= 11 is 0. The van der Waals surface area contributed by atoms with Crippen molar-refractivity contribution in [2.24, 2.45) is 5.73 Å². The van der Waals surface area contributed by atoms with Crippen LogP contribution in [0.25, 0.3) is 16.7 Å². The Labute approximate surface area is 183 Å². The van der Waals surface area contributed by atoms with E-state index < -0.39 is 29.1 Å². The number of aromatic nitrogens is 2. The molecule has 0 atom stereocenters.